The Morgan fingerprint density at radius 3 is 2.61 bits per heavy atom. The van der Waals surface area contributed by atoms with E-state index in [9.17, 15) is 0 Å². The van der Waals surface area contributed by atoms with E-state index in [4.69, 9.17) is 11.6 Å². The second-order valence-corrected chi connectivity index (χ2v) is 6.76. The maximum Gasteiger partial charge on any atom is 0.106 e. The van der Waals surface area contributed by atoms with Crippen LogP contribution in [0.5, 0.6) is 0 Å². The molecule has 2 aliphatic rings. The van der Waals surface area contributed by atoms with Gasteiger partial charge in [-0.15, -0.1) is 11.3 Å². The van der Waals surface area contributed by atoms with Crippen molar-refractivity contribution in [1.82, 2.24) is 4.98 Å². The lowest BCUT2D eigenvalue weighted by molar-refractivity contribution is 0.568. The topological polar surface area (TPSA) is 24.9 Å². The number of rotatable bonds is 4. The van der Waals surface area contributed by atoms with Gasteiger partial charge in [-0.25, -0.2) is 4.98 Å². The van der Waals surface area contributed by atoms with Crippen LogP contribution in [0.1, 0.15) is 25.7 Å². The van der Waals surface area contributed by atoms with E-state index >= 15 is 0 Å². The molecule has 2 aliphatic carbocycles. The molecule has 0 aliphatic heterocycles. The van der Waals surface area contributed by atoms with E-state index < -0.39 is 0 Å². The quantitative estimate of drug-likeness (QED) is 0.887. The lowest BCUT2D eigenvalue weighted by Crippen LogP contribution is -2.24. The van der Waals surface area contributed by atoms with Crippen molar-refractivity contribution in [1.29, 1.82) is 0 Å². The Bertz CT molecular complexity index is 574. The molecule has 0 saturated heterocycles. The van der Waals surface area contributed by atoms with Crippen molar-refractivity contribution < 1.29 is 0 Å². The molecule has 2 saturated carbocycles. The molecule has 18 heavy (non-hydrogen) atoms. The highest BCUT2D eigenvalue weighted by molar-refractivity contribution is 7.16. The summed E-state index contributed by atoms with van der Waals surface area (Å²) in [6.07, 6.45) is 5.50. The van der Waals surface area contributed by atoms with Crippen LogP contribution < -0.4 is 5.32 Å². The summed E-state index contributed by atoms with van der Waals surface area (Å²) in [7, 11) is 0. The van der Waals surface area contributed by atoms with Crippen LogP contribution in [0.3, 0.4) is 0 Å². The SMILES string of the molecule is Clc1ccc2scnc2c1NC(C1CC1)C1CC1. The smallest absolute Gasteiger partial charge is 0.106 e. The molecule has 94 valence electrons. The fourth-order valence-electron chi connectivity index (χ4n) is 2.74. The third kappa shape index (κ3) is 1.90. The molecule has 0 spiro atoms. The van der Waals surface area contributed by atoms with Crippen LogP contribution in [0, 0.1) is 11.8 Å². The van der Waals surface area contributed by atoms with Gasteiger partial charge in [0.25, 0.3) is 0 Å². The van der Waals surface area contributed by atoms with Crippen LogP contribution in [0.2, 0.25) is 5.02 Å². The number of nitrogens with one attached hydrogen (secondary N) is 1. The summed E-state index contributed by atoms with van der Waals surface area (Å²) in [5.74, 6) is 1.73. The van der Waals surface area contributed by atoms with Crippen molar-refractivity contribution in [2.45, 2.75) is 31.7 Å². The first kappa shape index (κ1) is 11.1. The maximum absolute atomic E-state index is 6.36. The summed E-state index contributed by atoms with van der Waals surface area (Å²) >= 11 is 8.03. The Labute approximate surface area is 115 Å². The van der Waals surface area contributed by atoms with Crippen molar-refractivity contribution >= 4 is 38.8 Å². The standard InChI is InChI=1S/C14H15ClN2S/c15-10-5-6-11-14(16-7-18-11)13(10)17-12(8-1-2-8)9-3-4-9/h5-9,12,17H,1-4H2. The number of hydrogen-bond acceptors (Lipinski definition) is 3. The van der Waals surface area contributed by atoms with Crippen LogP contribution in [0.15, 0.2) is 17.6 Å². The van der Waals surface area contributed by atoms with Crippen molar-refractivity contribution in [2.24, 2.45) is 11.8 Å². The largest absolute Gasteiger partial charge is 0.379 e. The fraction of sp³-hybridized carbons (Fsp3) is 0.500. The van der Waals surface area contributed by atoms with E-state index in [0.717, 1.165) is 28.1 Å². The third-order valence-electron chi connectivity index (χ3n) is 4.02. The molecule has 2 fully saturated rings. The summed E-state index contributed by atoms with van der Waals surface area (Å²) < 4.78 is 1.22. The summed E-state index contributed by atoms with van der Waals surface area (Å²) in [4.78, 5) is 4.46. The van der Waals surface area contributed by atoms with E-state index in [0.29, 0.717) is 6.04 Å². The minimum absolute atomic E-state index is 0.620. The zero-order valence-electron chi connectivity index (χ0n) is 10.0. The zero-order valence-corrected chi connectivity index (χ0v) is 11.6. The number of nitrogens with zero attached hydrogens (tertiary/aromatic N) is 1. The molecule has 1 aromatic heterocycles. The Morgan fingerprint density at radius 1 is 1.22 bits per heavy atom. The first-order chi connectivity index (χ1) is 8.83. The van der Waals surface area contributed by atoms with Crippen LogP contribution in [-0.2, 0) is 0 Å². The second-order valence-electron chi connectivity index (χ2n) is 5.47. The van der Waals surface area contributed by atoms with Gasteiger partial charge >= 0.3 is 0 Å². The third-order valence-corrected chi connectivity index (χ3v) is 5.13. The number of fused-ring (bicyclic) bond motifs is 1. The Balaban J connectivity index is 1.72. The number of thiazole rings is 1. The molecule has 1 N–H and O–H groups in total. The van der Waals surface area contributed by atoms with Gasteiger partial charge in [0.15, 0.2) is 0 Å². The van der Waals surface area contributed by atoms with Gasteiger partial charge in [-0.1, -0.05) is 11.6 Å². The maximum atomic E-state index is 6.36. The molecular weight excluding hydrogens is 264 g/mol. The monoisotopic (exact) mass is 278 g/mol. The van der Waals surface area contributed by atoms with Gasteiger partial charge in [-0.05, 0) is 49.7 Å². The predicted octanol–water partition coefficient (Wildman–Crippen LogP) is 4.55. The Hall–Kier alpha value is -0.800. The van der Waals surface area contributed by atoms with E-state index in [1.807, 2.05) is 11.6 Å². The zero-order chi connectivity index (χ0) is 12.1. The van der Waals surface area contributed by atoms with Crippen LogP contribution in [0.4, 0.5) is 5.69 Å². The average molecular weight is 279 g/mol. The lowest BCUT2D eigenvalue weighted by atomic mass is 10.1. The molecule has 0 atom stereocenters. The summed E-state index contributed by atoms with van der Waals surface area (Å²) in [6, 6.07) is 4.67. The van der Waals surface area contributed by atoms with Crippen LogP contribution in [0.25, 0.3) is 10.2 Å². The Morgan fingerprint density at radius 2 is 1.94 bits per heavy atom. The van der Waals surface area contributed by atoms with Gasteiger partial charge in [0.1, 0.15) is 5.52 Å². The first-order valence-electron chi connectivity index (χ1n) is 6.61. The van der Waals surface area contributed by atoms with Gasteiger partial charge < -0.3 is 5.32 Å². The molecule has 1 aromatic carbocycles. The van der Waals surface area contributed by atoms with E-state index in [2.05, 4.69) is 16.4 Å². The van der Waals surface area contributed by atoms with Crippen molar-refractivity contribution in [2.75, 3.05) is 5.32 Å². The van der Waals surface area contributed by atoms with Gasteiger partial charge in [-0.3, -0.25) is 0 Å². The lowest BCUT2D eigenvalue weighted by Gasteiger charge is -2.20. The van der Waals surface area contributed by atoms with Gasteiger partial charge in [0, 0.05) is 6.04 Å². The normalized spacial score (nSPS) is 19.7. The summed E-state index contributed by atoms with van der Waals surface area (Å²) in [5, 5.41) is 4.52. The van der Waals surface area contributed by atoms with E-state index in [1.54, 1.807) is 11.3 Å². The molecule has 0 bridgehead atoms. The molecule has 2 aromatic rings. The van der Waals surface area contributed by atoms with E-state index in [-0.39, 0.29) is 0 Å². The molecule has 2 nitrogen and oxygen atoms in total. The highest BCUT2D eigenvalue weighted by Crippen LogP contribution is 2.47. The van der Waals surface area contributed by atoms with Gasteiger partial charge in [0.2, 0.25) is 0 Å². The molecule has 4 rings (SSSR count). The first-order valence-corrected chi connectivity index (χ1v) is 7.87. The highest BCUT2D eigenvalue weighted by atomic mass is 35.5. The number of halogens is 1. The molecule has 1 heterocycles. The minimum atomic E-state index is 0.620. The fourth-order valence-corrected chi connectivity index (χ4v) is 3.63. The van der Waals surface area contributed by atoms with Crippen LogP contribution >= 0.6 is 22.9 Å². The second kappa shape index (κ2) is 4.10. The van der Waals surface area contributed by atoms with Crippen molar-refractivity contribution in [3.05, 3.63) is 22.7 Å². The number of hydrogen-bond donors (Lipinski definition) is 1. The number of anilines is 1. The molecule has 0 unspecified atom stereocenters. The molecular formula is C14H15ClN2S. The predicted molar refractivity (Wildman–Crippen MR) is 77.5 cm³/mol. The van der Waals surface area contributed by atoms with Gasteiger partial charge in [0.05, 0.1) is 20.9 Å². The highest BCUT2D eigenvalue weighted by Gasteiger charge is 2.41. The van der Waals surface area contributed by atoms with Gasteiger partial charge in [-0.2, -0.15) is 0 Å². The molecule has 0 radical (unpaired) electrons. The molecule has 0 amide bonds. The number of aromatic nitrogens is 1. The van der Waals surface area contributed by atoms with E-state index in [1.165, 1.54) is 30.4 Å². The Kier molecular flexibility index (Phi) is 2.52. The minimum Gasteiger partial charge on any atom is -0.379 e. The van der Waals surface area contributed by atoms with Crippen molar-refractivity contribution in [3.8, 4) is 0 Å². The number of benzene rings is 1. The average Bonchev–Trinajstić information content (AvgIpc) is 3.27. The van der Waals surface area contributed by atoms with Crippen LogP contribution in [-0.4, -0.2) is 11.0 Å². The summed E-state index contributed by atoms with van der Waals surface area (Å²) in [6.45, 7) is 0. The molecule has 4 heteroatoms. The summed E-state index contributed by atoms with van der Waals surface area (Å²) in [5.41, 5.74) is 3.99. The van der Waals surface area contributed by atoms with Crippen molar-refractivity contribution in [3.63, 3.8) is 0 Å².